The molecule has 0 bridgehead atoms. The molecule has 1 aliphatic heterocycles. The quantitative estimate of drug-likeness (QED) is 0.436. The van der Waals surface area contributed by atoms with E-state index in [0.717, 1.165) is 61.3 Å². The van der Waals surface area contributed by atoms with Crippen molar-refractivity contribution < 1.29 is 4.74 Å². The summed E-state index contributed by atoms with van der Waals surface area (Å²) in [6, 6.07) is 19.6. The van der Waals surface area contributed by atoms with Crippen molar-refractivity contribution >= 4 is 0 Å². The maximum Gasteiger partial charge on any atom is 0.149 e. The molecular weight excluding hydrogens is 406 g/mol. The Hall–Kier alpha value is -3.16. The predicted octanol–water partition coefficient (Wildman–Crippen LogP) is 6.26. The zero-order valence-electron chi connectivity index (χ0n) is 20.2. The second kappa shape index (κ2) is 10.2. The molecule has 0 radical (unpaired) electrons. The Balaban J connectivity index is 1.81. The maximum absolute atomic E-state index is 10.2. The number of nitriles is 1. The number of ether oxygens (including phenoxy) is 1. The summed E-state index contributed by atoms with van der Waals surface area (Å²) in [5.74, 6) is 0.759. The van der Waals surface area contributed by atoms with Gasteiger partial charge in [-0.3, -0.25) is 4.90 Å². The average Bonchev–Trinajstić information content (AvgIpc) is 2.88. The van der Waals surface area contributed by atoms with Crippen LogP contribution in [-0.4, -0.2) is 23.5 Å². The summed E-state index contributed by atoms with van der Waals surface area (Å²) < 4.78 is 5.92. The van der Waals surface area contributed by atoms with Crippen LogP contribution in [0.3, 0.4) is 0 Å². The highest BCUT2D eigenvalue weighted by atomic mass is 16.5. The van der Waals surface area contributed by atoms with Crippen molar-refractivity contribution in [3.8, 4) is 23.1 Å². The number of nitrogens with zero attached hydrogens (tertiary/aromatic N) is 3. The van der Waals surface area contributed by atoms with Gasteiger partial charge in [0, 0.05) is 36.3 Å². The molecule has 0 saturated carbocycles. The van der Waals surface area contributed by atoms with Gasteiger partial charge in [0.25, 0.3) is 0 Å². The number of hydrogen-bond acceptors (Lipinski definition) is 4. The van der Waals surface area contributed by atoms with Crippen molar-refractivity contribution in [1.82, 2.24) is 9.88 Å². The molecule has 33 heavy (non-hydrogen) atoms. The molecule has 0 saturated heterocycles. The second-order valence-electron chi connectivity index (χ2n) is 8.66. The van der Waals surface area contributed by atoms with Gasteiger partial charge in [0.05, 0.1) is 12.8 Å². The van der Waals surface area contributed by atoms with Crippen LogP contribution in [0, 0.1) is 11.3 Å². The SMILES string of the molecule is CCc1cccc(CC)c1-c1cc(OC)c(C(CC)N2CCc3ccccc3C2)c(C#N)n1. The van der Waals surface area contributed by atoms with Crippen LogP contribution in [0.25, 0.3) is 11.3 Å². The highest BCUT2D eigenvalue weighted by molar-refractivity contribution is 5.71. The summed E-state index contributed by atoms with van der Waals surface area (Å²) in [4.78, 5) is 7.40. The lowest BCUT2D eigenvalue weighted by Crippen LogP contribution is -2.34. The van der Waals surface area contributed by atoms with Gasteiger partial charge in [0.2, 0.25) is 0 Å². The molecule has 1 aliphatic rings. The van der Waals surface area contributed by atoms with E-state index in [1.165, 1.54) is 22.3 Å². The smallest absolute Gasteiger partial charge is 0.149 e. The number of fused-ring (bicyclic) bond motifs is 1. The molecule has 1 aromatic heterocycles. The Morgan fingerprint density at radius 1 is 1.03 bits per heavy atom. The number of aryl methyl sites for hydroxylation is 2. The molecule has 2 aromatic carbocycles. The van der Waals surface area contributed by atoms with Crippen molar-refractivity contribution in [2.45, 2.75) is 59.0 Å². The number of pyridine rings is 1. The van der Waals surface area contributed by atoms with E-state index in [9.17, 15) is 5.26 Å². The fourth-order valence-corrected chi connectivity index (χ4v) is 5.24. The van der Waals surface area contributed by atoms with Crippen molar-refractivity contribution in [3.05, 3.63) is 82.0 Å². The molecule has 2 heterocycles. The van der Waals surface area contributed by atoms with Crippen LogP contribution in [0.2, 0.25) is 0 Å². The Labute approximate surface area is 197 Å². The van der Waals surface area contributed by atoms with Gasteiger partial charge in [-0.05, 0) is 47.9 Å². The summed E-state index contributed by atoms with van der Waals surface area (Å²) in [6.45, 7) is 8.35. The van der Waals surface area contributed by atoms with E-state index in [1.807, 2.05) is 6.07 Å². The molecule has 3 aromatic rings. The normalized spacial score (nSPS) is 14.4. The van der Waals surface area contributed by atoms with Crippen LogP contribution in [0.15, 0.2) is 48.5 Å². The summed E-state index contributed by atoms with van der Waals surface area (Å²) in [6.07, 6.45) is 3.75. The lowest BCUT2D eigenvalue weighted by atomic mass is 9.91. The highest BCUT2D eigenvalue weighted by Crippen LogP contribution is 2.39. The maximum atomic E-state index is 10.2. The number of rotatable bonds is 7. The van der Waals surface area contributed by atoms with Crippen molar-refractivity contribution in [2.75, 3.05) is 13.7 Å². The van der Waals surface area contributed by atoms with Gasteiger partial charge in [-0.15, -0.1) is 0 Å². The largest absolute Gasteiger partial charge is 0.496 e. The first-order chi connectivity index (χ1) is 16.1. The van der Waals surface area contributed by atoms with Gasteiger partial charge in [-0.1, -0.05) is 63.2 Å². The summed E-state index contributed by atoms with van der Waals surface area (Å²) >= 11 is 0. The monoisotopic (exact) mass is 439 g/mol. The lowest BCUT2D eigenvalue weighted by Gasteiger charge is -2.36. The van der Waals surface area contributed by atoms with E-state index >= 15 is 0 Å². The molecule has 0 amide bonds. The minimum atomic E-state index is 0.0802. The second-order valence-corrected chi connectivity index (χ2v) is 8.66. The third-order valence-electron chi connectivity index (χ3n) is 6.92. The first kappa shape index (κ1) is 23.0. The van der Waals surface area contributed by atoms with Crippen LogP contribution in [-0.2, 0) is 25.8 Å². The summed E-state index contributed by atoms with van der Waals surface area (Å²) in [5, 5.41) is 10.2. The fourth-order valence-electron chi connectivity index (χ4n) is 5.24. The van der Waals surface area contributed by atoms with Crippen LogP contribution >= 0.6 is 0 Å². The van der Waals surface area contributed by atoms with Crippen LogP contribution in [0.1, 0.15) is 66.7 Å². The molecule has 0 fully saturated rings. The molecular formula is C29H33N3O. The average molecular weight is 440 g/mol. The minimum absolute atomic E-state index is 0.0802. The third kappa shape index (κ3) is 4.38. The Kier molecular flexibility index (Phi) is 7.11. The highest BCUT2D eigenvalue weighted by Gasteiger charge is 2.29. The van der Waals surface area contributed by atoms with E-state index in [1.54, 1.807) is 7.11 Å². The van der Waals surface area contributed by atoms with E-state index in [2.05, 4.69) is 74.2 Å². The van der Waals surface area contributed by atoms with Crippen molar-refractivity contribution in [1.29, 1.82) is 5.26 Å². The summed E-state index contributed by atoms with van der Waals surface area (Å²) in [5.41, 5.74) is 8.66. The Morgan fingerprint density at radius 2 is 1.73 bits per heavy atom. The van der Waals surface area contributed by atoms with Gasteiger partial charge in [0.15, 0.2) is 0 Å². The van der Waals surface area contributed by atoms with Crippen LogP contribution in [0.4, 0.5) is 0 Å². The Morgan fingerprint density at radius 3 is 2.33 bits per heavy atom. The van der Waals surface area contributed by atoms with Gasteiger partial charge >= 0.3 is 0 Å². The van der Waals surface area contributed by atoms with Crippen molar-refractivity contribution in [2.24, 2.45) is 0 Å². The lowest BCUT2D eigenvalue weighted by molar-refractivity contribution is 0.170. The topological polar surface area (TPSA) is 49.1 Å². The van der Waals surface area contributed by atoms with E-state index in [-0.39, 0.29) is 6.04 Å². The van der Waals surface area contributed by atoms with Gasteiger partial charge < -0.3 is 4.74 Å². The molecule has 4 nitrogen and oxygen atoms in total. The number of benzene rings is 2. The van der Waals surface area contributed by atoms with Gasteiger partial charge in [-0.25, -0.2) is 4.98 Å². The number of hydrogen-bond donors (Lipinski definition) is 0. The molecule has 1 atom stereocenters. The number of methoxy groups -OCH3 is 1. The predicted molar refractivity (Wildman–Crippen MR) is 133 cm³/mol. The first-order valence-corrected chi connectivity index (χ1v) is 12.1. The van der Waals surface area contributed by atoms with Crippen LogP contribution < -0.4 is 4.74 Å². The van der Waals surface area contributed by atoms with Gasteiger partial charge in [0.1, 0.15) is 17.5 Å². The van der Waals surface area contributed by atoms with E-state index < -0.39 is 0 Å². The molecule has 0 aliphatic carbocycles. The first-order valence-electron chi connectivity index (χ1n) is 12.1. The zero-order valence-corrected chi connectivity index (χ0v) is 20.2. The minimum Gasteiger partial charge on any atom is -0.496 e. The molecule has 170 valence electrons. The molecule has 0 spiro atoms. The molecule has 4 heteroatoms. The van der Waals surface area contributed by atoms with Gasteiger partial charge in [-0.2, -0.15) is 5.26 Å². The Bertz CT molecular complexity index is 1160. The van der Waals surface area contributed by atoms with Crippen molar-refractivity contribution in [3.63, 3.8) is 0 Å². The fraction of sp³-hybridized carbons (Fsp3) is 0.379. The molecule has 4 rings (SSSR count). The number of aromatic nitrogens is 1. The van der Waals surface area contributed by atoms with E-state index in [4.69, 9.17) is 9.72 Å². The third-order valence-corrected chi connectivity index (χ3v) is 6.92. The molecule has 1 unspecified atom stereocenters. The standard InChI is InChI=1S/C29H33N3O/c1-5-20-13-10-14-21(6-2)28(20)24-17-27(33-4)29(25(18-30)31-24)26(7-3)32-16-15-22-11-8-9-12-23(22)19-32/h8-14,17,26H,5-7,15-16,19H2,1-4H3. The summed E-state index contributed by atoms with van der Waals surface area (Å²) in [7, 11) is 1.70. The molecule has 0 N–H and O–H groups in total. The van der Waals surface area contributed by atoms with Crippen LogP contribution in [0.5, 0.6) is 5.75 Å². The van der Waals surface area contributed by atoms with E-state index in [0.29, 0.717) is 5.69 Å². The zero-order chi connectivity index (χ0) is 23.4.